The summed E-state index contributed by atoms with van der Waals surface area (Å²) in [5, 5.41) is 0. The SMILES string of the molecule is COc1ccc(C(=O)[C@H]2[C@@H]3C=C4OCOC4=C[C@H]3CCN2C)cc1. The van der Waals surface area contributed by atoms with E-state index in [1.54, 1.807) is 7.11 Å². The second-order valence-corrected chi connectivity index (χ2v) is 6.52. The van der Waals surface area contributed by atoms with Crippen LogP contribution in [0.5, 0.6) is 5.75 Å². The molecule has 24 heavy (non-hydrogen) atoms. The molecule has 1 aromatic rings. The smallest absolute Gasteiger partial charge is 0.231 e. The van der Waals surface area contributed by atoms with Gasteiger partial charge in [0, 0.05) is 11.5 Å². The zero-order valence-corrected chi connectivity index (χ0v) is 13.9. The molecule has 0 bridgehead atoms. The predicted octanol–water partition coefficient (Wildman–Crippen LogP) is 2.60. The normalized spacial score (nSPS) is 28.7. The Bertz CT molecular complexity index is 707. The van der Waals surface area contributed by atoms with E-state index in [-0.39, 0.29) is 24.5 Å². The molecule has 0 saturated carbocycles. The van der Waals surface area contributed by atoms with E-state index in [9.17, 15) is 4.79 Å². The van der Waals surface area contributed by atoms with Crippen LogP contribution in [0.25, 0.3) is 0 Å². The average molecular weight is 327 g/mol. The minimum Gasteiger partial charge on any atom is -0.497 e. The topological polar surface area (TPSA) is 48.0 Å². The van der Waals surface area contributed by atoms with E-state index in [0.717, 1.165) is 30.2 Å². The fourth-order valence-electron chi connectivity index (χ4n) is 3.85. The number of Topliss-reactive ketones (excluding diaryl/α,β-unsaturated/α-hetero) is 1. The highest BCUT2D eigenvalue weighted by Gasteiger charge is 2.42. The number of likely N-dealkylation sites (N-methyl/N-ethyl adjacent to an activating group) is 1. The number of ether oxygens (including phenoxy) is 3. The molecule has 0 N–H and O–H groups in total. The van der Waals surface area contributed by atoms with E-state index in [1.807, 2.05) is 31.3 Å². The summed E-state index contributed by atoms with van der Waals surface area (Å²) in [5.74, 6) is 2.93. The highest BCUT2D eigenvalue weighted by Crippen LogP contribution is 2.40. The van der Waals surface area contributed by atoms with Gasteiger partial charge in [0.1, 0.15) is 5.75 Å². The van der Waals surface area contributed by atoms with Crippen LogP contribution >= 0.6 is 0 Å². The van der Waals surface area contributed by atoms with Gasteiger partial charge < -0.3 is 14.2 Å². The first kappa shape index (κ1) is 15.3. The standard InChI is InChI=1S/C19H21NO4/c1-20-8-7-13-9-16-17(24-11-23-16)10-15(13)18(20)19(21)12-3-5-14(22-2)6-4-12/h3-6,9-10,13,15,18H,7-8,11H2,1-2H3/t13-,15-,18-/m1/s1. The number of rotatable bonds is 3. The summed E-state index contributed by atoms with van der Waals surface area (Å²) < 4.78 is 16.2. The number of fused-ring (bicyclic) bond motifs is 2. The van der Waals surface area contributed by atoms with E-state index in [2.05, 4.69) is 17.1 Å². The van der Waals surface area contributed by atoms with Gasteiger partial charge in [-0.25, -0.2) is 0 Å². The summed E-state index contributed by atoms with van der Waals surface area (Å²) >= 11 is 0. The van der Waals surface area contributed by atoms with Crippen molar-refractivity contribution in [2.45, 2.75) is 12.5 Å². The van der Waals surface area contributed by atoms with Crippen LogP contribution in [0, 0.1) is 11.8 Å². The minimum absolute atomic E-state index is 0.110. The Kier molecular flexibility index (Phi) is 3.81. The zero-order chi connectivity index (χ0) is 16.7. The molecule has 0 aromatic heterocycles. The zero-order valence-electron chi connectivity index (χ0n) is 13.9. The predicted molar refractivity (Wildman–Crippen MR) is 88.5 cm³/mol. The van der Waals surface area contributed by atoms with Crippen LogP contribution in [-0.4, -0.2) is 44.2 Å². The van der Waals surface area contributed by atoms with Gasteiger partial charge in [0.15, 0.2) is 17.3 Å². The van der Waals surface area contributed by atoms with Crippen molar-refractivity contribution in [3.8, 4) is 5.75 Å². The number of methoxy groups -OCH3 is 1. The highest BCUT2D eigenvalue weighted by molar-refractivity contribution is 6.00. The Labute approximate surface area is 141 Å². The number of carbonyl (C=O) groups is 1. The van der Waals surface area contributed by atoms with Crippen molar-refractivity contribution in [1.29, 1.82) is 0 Å². The third-order valence-corrected chi connectivity index (χ3v) is 5.17. The highest BCUT2D eigenvalue weighted by atomic mass is 16.7. The molecular weight excluding hydrogens is 306 g/mol. The molecule has 2 saturated heterocycles. The van der Waals surface area contributed by atoms with Crippen molar-refractivity contribution in [1.82, 2.24) is 4.90 Å². The molecule has 2 aliphatic heterocycles. The maximum Gasteiger partial charge on any atom is 0.231 e. The van der Waals surface area contributed by atoms with Crippen molar-refractivity contribution >= 4 is 5.78 Å². The van der Waals surface area contributed by atoms with E-state index >= 15 is 0 Å². The Morgan fingerprint density at radius 3 is 2.58 bits per heavy atom. The Morgan fingerprint density at radius 2 is 1.88 bits per heavy atom. The van der Waals surface area contributed by atoms with Gasteiger partial charge >= 0.3 is 0 Å². The molecule has 5 heteroatoms. The van der Waals surface area contributed by atoms with E-state index < -0.39 is 0 Å². The third kappa shape index (κ3) is 2.49. The molecular formula is C19H21NO4. The lowest BCUT2D eigenvalue weighted by atomic mass is 9.74. The first-order valence-electron chi connectivity index (χ1n) is 8.25. The molecule has 1 aliphatic carbocycles. The monoisotopic (exact) mass is 327 g/mol. The van der Waals surface area contributed by atoms with Crippen molar-refractivity contribution < 1.29 is 19.0 Å². The van der Waals surface area contributed by atoms with Crippen molar-refractivity contribution in [3.63, 3.8) is 0 Å². The van der Waals surface area contributed by atoms with Gasteiger partial charge in [-0.05, 0) is 62.3 Å². The number of allylic oxidation sites excluding steroid dienone is 1. The van der Waals surface area contributed by atoms with Gasteiger partial charge in [-0.1, -0.05) is 0 Å². The molecule has 5 nitrogen and oxygen atoms in total. The van der Waals surface area contributed by atoms with E-state index in [0.29, 0.717) is 11.5 Å². The summed E-state index contributed by atoms with van der Waals surface area (Å²) in [6.45, 7) is 1.16. The number of piperidine rings is 1. The van der Waals surface area contributed by atoms with Gasteiger partial charge in [0.25, 0.3) is 0 Å². The molecule has 2 fully saturated rings. The van der Waals surface area contributed by atoms with Crippen molar-refractivity contribution in [3.05, 3.63) is 53.5 Å². The van der Waals surface area contributed by atoms with Crippen LogP contribution in [0.1, 0.15) is 16.8 Å². The number of carbonyl (C=O) groups excluding carboxylic acids is 1. The molecule has 0 amide bonds. The van der Waals surface area contributed by atoms with Gasteiger partial charge in [-0.15, -0.1) is 0 Å². The fraction of sp³-hybridized carbons (Fsp3) is 0.421. The summed E-state index contributed by atoms with van der Waals surface area (Å²) in [6, 6.07) is 7.15. The average Bonchev–Trinajstić information content (AvgIpc) is 3.07. The third-order valence-electron chi connectivity index (χ3n) is 5.17. The maximum absolute atomic E-state index is 13.2. The summed E-state index contributed by atoms with van der Waals surface area (Å²) in [7, 11) is 3.64. The van der Waals surface area contributed by atoms with Gasteiger partial charge in [-0.2, -0.15) is 0 Å². The number of ketones is 1. The van der Waals surface area contributed by atoms with Crippen LogP contribution in [-0.2, 0) is 9.47 Å². The quantitative estimate of drug-likeness (QED) is 0.799. The summed E-state index contributed by atoms with van der Waals surface area (Å²) in [6.07, 6.45) is 5.23. The fourth-order valence-corrected chi connectivity index (χ4v) is 3.85. The Balaban J connectivity index is 1.64. The van der Waals surface area contributed by atoms with Gasteiger partial charge in [0.2, 0.25) is 6.79 Å². The molecule has 0 unspecified atom stereocenters. The molecule has 3 aliphatic rings. The van der Waals surface area contributed by atoms with Gasteiger partial charge in [-0.3, -0.25) is 9.69 Å². The molecule has 1 aromatic carbocycles. The lowest BCUT2D eigenvalue weighted by Gasteiger charge is -2.42. The van der Waals surface area contributed by atoms with E-state index in [4.69, 9.17) is 14.2 Å². The number of likely N-dealkylation sites (tertiary alicyclic amines) is 1. The van der Waals surface area contributed by atoms with Crippen LogP contribution in [0.3, 0.4) is 0 Å². The second-order valence-electron chi connectivity index (χ2n) is 6.52. The molecule has 126 valence electrons. The van der Waals surface area contributed by atoms with Crippen LogP contribution in [0.15, 0.2) is 47.9 Å². The number of hydrogen-bond donors (Lipinski definition) is 0. The largest absolute Gasteiger partial charge is 0.497 e. The van der Waals surface area contributed by atoms with Crippen LogP contribution in [0.4, 0.5) is 0 Å². The minimum atomic E-state index is -0.188. The van der Waals surface area contributed by atoms with E-state index in [1.165, 1.54) is 0 Å². The molecule has 0 spiro atoms. The molecule has 2 heterocycles. The Hall–Kier alpha value is -2.27. The van der Waals surface area contributed by atoms with Crippen molar-refractivity contribution in [2.75, 3.05) is 27.5 Å². The summed E-state index contributed by atoms with van der Waals surface area (Å²) in [5.41, 5.74) is 0.713. The van der Waals surface area contributed by atoms with Crippen LogP contribution in [0.2, 0.25) is 0 Å². The second kappa shape index (κ2) is 5.98. The lowest BCUT2D eigenvalue weighted by molar-refractivity contribution is 0.0651. The number of benzene rings is 1. The van der Waals surface area contributed by atoms with Crippen molar-refractivity contribution in [2.24, 2.45) is 11.8 Å². The molecule has 4 rings (SSSR count). The maximum atomic E-state index is 13.2. The summed E-state index contributed by atoms with van der Waals surface area (Å²) in [4.78, 5) is 15.3. The van der Waals surface area contributed by atoms with Gasteiger partial charge in [0.05, 0.1) is 13.2 Å². The molecule has 0 radical (unpaired) electrons. The van der Waals surface area contributed by atoms with Crippen LogP contribution < -0.4 is 4.74 Å². The first-order chi connectivity index (χ1) is 11.7. The first-order valence-corrected chi connectivity index (χ1v) is 8.25. The molecule has 3 atom stereocenters. The number of hydrogen-bond acceptors (Lipinski definition) is 5. The number of nitrogens with zero attached hydrogens (tertiary/aromatic N) is 1. The Morgan fingerprint density at radius 1 is 1.17 bits per heavy atom. The lowest BCUT2D eigenvalue weighted by Crippen LogP contribution is -2.51.